The van der Waals surface area contributed by atoms with Gasteiger partial charge < -0.3 is 15.1 Å². The summed E-state index contributed by atoms with van der Waals surface area (Å²) in [6.07, 6.45) is 5.09. The molecule has 5 nitrogen and oxygen atoms in total. The number of fused-ring (bicyclic) bond motifs is 3. The quantitative estimate of drug-likeness (QED) is 0.514. The van der Waals surface area contributed by atoms with Gasteiger partial charge in [0, 0.05) is 22.3 Å². The number of carbonyl (C=O) groups is 2. The molecule has 1 aliphatic carbocycles. The van der Waals surface area contributed by atoms with Crippen molar-refractivity contribution in [1.29, 1.82) is 0 Å². The molecule has 0 saturated heterocycles. The number of carbonyl (C=O) groups excluding carboxylic acids is 2. The molecule has 1 atom stereocenters. The molecular weight excluding hydrogens is 446 g/mol. The van der Waals surface area contributed by atoms with E-state index in [2.05, 4.69) is 5.32 Å². The minimum absolute atomic E-state index is 0.000578. The summed E-state index contributed by atoms with van der Waals surface area (Å²) in [5.41, 5.74) is 2.55. The Hall–Kier alpha value is -3.31. The van der Waals surface area contributed by atoms with Gasteiger partial charge >= 0.3 is 0 Å². The van der Waals surface area contributed by atoms with E-state index in [1.807, 2.05) is 77.7 Å². The number of amides is 2. The van der Waals surface area contributed by atoms with Gasteiger partial charge in [-0.3, -0.25) is 9.59 Å². The fourth-order valence-electron chi connectivity index (χ4n) is 5.84. The second-order valence-corrected chi connectivity index (χ2v) is 9.76. The lowest BCUT2D eigenvalue weighted by molar-refractivity contribution is -0.129. The van der Waals surface area contributed by atoms with Crippen LogP contribution in [0.5, 0.6) is 0 Å². The van der Waals surface area contributed by atoms with Crippen molar-refractivity contribution in [3.63, 3.8) is 0 Å². The van der Waals surface area contributed by atoms with Gasteiger partial charge in [-0.1, -0.05) is 79.4 Å². The zero-order valence-electron chi connectivity index (χ0n) is 18.8. The number of anilines is 2. The molecular formula is C28H26ClN3O2. The molecule has 3 aromatic rings. The zero-order chi connectivity index (χ0) is 23.3. The highest BCUT2D eigenvalue weighted by molar-refractivity contribution is 6.31. The lowest BCUT2D eigenvalue weighted by Gasteiger charge is -2.49. The summed E-state index contributed by atoms with van der Waals surface area (Å²) in [4.78, 5) is 32.2. The third kappa shape index (κ3) is 3.07. The lowest BCUT2D eigenvalue weighted by Crippen LogP contribution is -2.65. The van der Waals surface area contributed by atoms with Crippen LogP contribution in [0.3, 0.4) is 0 Å². The average molecular weight is 472 g/mol. The lowest BCUT2D eigenvalue weighted by atomic mass is 9.86. The van der Waals surface area contributed by atoms with Crippen molar-refractivity contribution >= 4 is 34.8 Å². The second-order valence-electron chi connectivity index (χ2n) is 9.35. The Morgan fingerprint density at radius 3 is 2.41 bits per heavy atom. The molecule has 1 fully saturated rings. The van der Waals surface area contributed by atoms with Crippen LogP contribution in [0.1, 0.15) is 53.6 Å². The van der Waals surface area contributed by atoms with Crippen LogP contribution in [-0.4, -0.2) is 22.8 Å². The third-order valence-corrected chi connectivity index (χ3v) is 7.79. The SMILES string of the molecule is O=C1c2ccccc2N[C@]2(C(=O)N(Cc3ccccc3Cl)c3ccccc32)N1C1CCCCC1. The van der Waals surface area contributed by atoms with E-state index in [1.165, 1.54) is 6.42 Å². The number of halogens is 1. The molecule has 2 aliphatic heterocycles. The Balaban J connectivity index is 1.54. The van der Waals surface area contributed by atoms with Crippen LogP contribution in [0.25, 0.3) is 0 Å². The summed E-state index contributed by atoms with van der Waals surface area (Å²) in [7, 11) is 0. The van der Waals surface area contributed by atoms with Crippen molar-refractivity contribution in [1.82, 2.24) is 4.90 Å². The maximum Gasteiger partial charge on any atom is 0.279 e. The van der Waals surface area contributed by atoms with Crippen LogP contribution >= 0.6 is 11.6 Å². The Morgan fingerprint density at radius 1 is 0.882 bits per heavy atom. The van der Waals surface area contributed by atoms with Crippen molar-refractivity contribution in [2.24, 2.45) is 0 Å². The van der Waals surface area contributed by atoms with Gasteiger partial charge in [0.15, 0.2) is 0 Å². The van der Waals surface area contributed by atoms with Gasteiger partial charge in [0.2, 0.25) is 5.66 Å². The minimum Gasteiger partial charge on any atom is -0.350 e. The van der Waals surface area contributed by atoms with Crippen LogP contribution in [0.15, 0.2) is 72.8 Å². The van der Waals surface area contributed by atoms with E-state index < -0.39 is 5.66 Å². The smallest absolute Gasteiger partial charge is 0.279 e. The van der Waals surface area contributed by atoms with Crippen LogP contribution < -0.4 is 10.2 Å². The number of hydrogen-bond donors (Lipinski definition) is 1. The summed E-state index contributed by atoms with van der Waals surface area (Å²) in [5, 5.41) is 4.19. The Kier molecular flexibility index (Phi) is 5.10. The molecule has 3 aliphatic rings. The van der Waals surface area contributed by atoms with E-state index in [4.69, 9.17) is 11.6 Å². The highest BCUT2D eigenvalue weighted by Crippen LogP contribution is 2.50. The molecule has 2 heterocycles. The molecule has 0 radical (unpaired) electrons. The molecule has 34 heavy (non-hydrogen) atoms. The first kappa shape index (κ1) is 21.2. The molecule has 6 rings (SSSR count). The Bertz CT molecular complexity index is 1290. The van der Waals surface area contributed by atoms with E-state index in [-0.39, 0.29) is 17.9 Å². The van der Waals surface area contributed by atoms with Gasteiger partial charge in [0.05, 0.1) is 17.8 Å². The summed E-state index contributed by atoms with van der Waals surface area (Å²) in [6, 6.07) is 22.9. The highest BCUT2D eigenvalue weighted by Gasteiger charge is 2.60. The van der Waals surface area contributed by atoms with Gasteiger partial charge in [-0.15, -0.1) is 0 Å². The van der Waals surface area contributed by atoms with Crippen molar-refractivity contribution in [3.05, 3.63) is 94.5 Å². The molecule has 2 amide bonds. The van der Waals surface area contributed by atoms with Crippen LogP contribution in [-0.2, 0) is 17.0 Å². The van der Waals surface area contributed by atoms with E-state index in [1.54, 1.807) is 4.90 Å². The van der Waals surface area contributed by atoms with Gasteiger partial charge in [-0.2, -0.15) is 0 Å². The molecule has 1 N–H and O–H groups in total. The number of para-hydroxylation sites is 2. The first-order chi connectivity index (χ1) is 16.6. The number of nitrogens with zero attached hydrogens (tertiary/aromatic N) is 2. The number of rotatable bonds is 3. The van der Waals surface area contributed by atoms with Crippen LogP contribution in [0, 0.1) is 0 Å². The Labute approximate surface area is 204 Å². The normalized spacial score (nSPS) is 22.0. The monoisotopic (exact) mass is 471 g/mol. The maximum absolute atomic E-state index is 14.5. The summed E-state index contributed by atoms with van der Waals surface area (Å²) < 4.78 is 0. The predicted octanol–water partition coefficient (Wildman–Crippen LogP) is 5.94. The largest absolute Gasteiger partial charge is 0.350 e. The minimum atomic E-state index is -1.27. The molecule has 0 unspecified atom stereocenters. The van der Waals surface area contributed by atoms with E-state index >= 15 is 0 Å². The van der Waals surface area contributed by atoms with E-state index in [0.29, 0.717) is 22.8 Å². The fraction of sp³-hybridized carbons (Fsp3) is 0.286. The summed E-state index contributed by atoms with van der Waals surface area (Å²) >= 11 is 6.48. The molecule has 6 heteroatoms. The standard InChI is InChI=1S/C28H26ClN3O2/c29-23-15-7-4-10-19(23)18-31-25-17-9-6-14-22(25)28(27(31)34)30-24-16-8-5-13-21(24)26(33)32(28)20-11-2-1-3-12-20/h4-10,13-17,20,30H,1-3,11-12,18H2/t28-/m0/s1. The van der Waals surface area contributed by atoms with Gasteiger partial charge in [0.25, 0.3) is 11.8 Å². The van der Waals surface area contributed by atoms with Gasteiger partial charge in [-0.05, 0) is 42.7 Å². The molecule has 0 aromatic heterocycles. The van der Waals surface area contributed by atoms with Crippen molar-refractivity contribution < 1.29 is 9.59 Å². The number of hydrogen-bond acceptors (Lipinski definition) is 3. The van der Waals surface area contributed by atoms with Crippen molar-refractivity contribution in [3.8, 4) is 0 Å². The molecule has 172 valence electrons. The van der Waals surface area contributed by atoms with E-state index in [0.717, 1.165) is 42.5 Å². The van der Waals surface area contributed by atoms with Crippen molar-refractivity contribution in [2.45, 2.75) is 50.4 Å². The summed E-state index contributed by atoms with van der Waals surface area (Å²) in [6.45, 7) is 0.341. The maximum atomic E-state index is 14.5. The predicted molar refractivity (Wildman–Crippen MR) is 134 cm³/mol. The Morgan fingerprint density at radius 2 is 1.59 bits per heavy atom. The summed E-state index contributed by atoms with van der Waals surface area (Å²) in [5.74, 6) is -0.217. The first-order valence-electron chi connectivity index (χ1n) is 12.0. The molecule has 0 bridgehead atoms. The second kappa shape index (κ2) is 8.17. The molecule has 1 spiro atoms. The fourth-order valence-corrected chi connectivity index (χ4v) is 6.03. The van der Waals surface area contributed by atoms with Crippen LogP contribution in [0.2, 0.25) is 5.02 Å². The van der Waals surface area contributed by atoms with Gasteiger partial charge in [-0.25, -0.2) is 0 Å². The van der Waals surface area contributed by atoms with Crippen molar-refractivity contribution in [2.75, 3.05) is 10.2 Å². The van der Waals surface area contributed by atoms with Crippen LogP contribution in [0.4, 0.5) is 11.4 Å². The number of nitrogens with one attached hydrogen (secondary N) is 1. The molecule has 3 aromatic carbocycles. The highest BCUT2D eigenvalue weighted by atomic mass is 35.5. The third-order valence-electron chi connectivity index (χ3n) is 7.42. The zero-order valence-corrected chi connectivity index (χ0v) is 19.6. The van der Waals surface area contributed by atoms with E-state index in [9.17, 15) is 9.59 Å². The van der Waals surface area contributed by atoms with Gasteiger partial charge in [0.1, 0.15) is 0 Å². The average Bonchev–Trinajstić information content (AvgIpc) is 3.09. The molecule has 1 saturated carbocycles. The first-order valence-corrected chi connectivity index (χ1v) is 12.3. The number of benzene rings is 3. The topological polar surface area (TPSA) is 52.7 Å².